The summed E-state index contributed by atoms with van der Waals surface area (Å²) in [5.74, 6) is -1.83. The predicted octanol–water partition coefficient (Wildman–Crippen LogP) is 3.91. The number of halogens is 2. The molecule has 0 aliphatic rings. The summed E-state index contributed by atoms with van der Waals surface area (Å²) >= 11 is 3.14. The van der Waals surface area contributed by atoms with Crippen molar-refractivity contribution in [3.8, 4) is 0 Å². The van der Waals surface area contributed by atoms with Crippen LogP contribution in [0.25, 0.3) is 10.9 Å². The molecule has 3 rings (SSSR count). The average molecular weight is 394 g/mol. The standard InChI is InChI=1S/C15H9BrFN3O4/c16-7-1-3-11(10(17)5-7)19-13-8(14(21)22)2-4-12-9(13)6-18-20(12)15(23)24/h1-6,19H,(H,21,22)(H,23,24). The number of anilines is 2. The van der Waals surface area contributed by atoms with Crippen molar-refractivity contribution in [3.05, 3.63) is 52.4 Å². The van der Waals surface area contributed by atoms with Crippen LogP contribution in [-0.4, -0.2) is 32.1 Å². The second kappa shape index (κ2) is 5.93. The van der Waals surface area contributed by atoms with Crippen LogP contribution in [0, 0.1) is 5.82 Å². The maximum Gasteiger partial charge on any atom is 0.432 e. The molecule has 0 fully saturated rings. The first-order valence-electron chi connectivity index (χ1n) is 6.58. The molecule has 0 unspecified atom stereocenters. The number of benzene rings is 2. The molecule has 0 aliphatic carbocycles. The fourth-order valence-corrected chi connectivity index (χ4v) is 2.63. The van der Waals surface area contributed by atoms with Gasteiger partial charge in [-0.05, 0) is 30.3 Å². The first kappa shape index (κ1) is 15.9. The second-order valence-corrected chi connectivity index (χ2v) is 5.73. The summed E-state index contributed by atoms with van der Waals surface area (Å²) in [5, 5.41) is 25.1. The van der Waals surface area contributed by atoms with Gasteiger partial charge in [0.25, 0.3) is 0 Å². The molecule has 0 atom stereocenters. The molecular weight excluding hydrogens is 385 g/mol. The van der Waals surface area contributed by atoms with Gasteiger partial charge in [-0.3, -0.25) is 0 Å². The third-order valence-corrected chi connectivity index (χ3v) is 3.85. The van der Waals surface area contributed by atoms with Crippen molar-refractivity contribution < 1.29 is 24.2 Å². The van der Waals surface area contributed by atoms with Crippen LogP contribution in [0.5, 0.6) is 0 Å². The summed E-state index contributed by atoms with van der Waals surface area (Å²) in [6.07, 6.45) is -0.0940. The number of hydrogen-bond donors (Lipinski definition) is 3. The van der Waals surface area contributed by atoms with E-state index >= 15 is 0 Å². The van der Waals surface area contributed by atoms with Crippen molar-refractivity contribution >= 4 is 50.3 Å². The van der Waals surface area contributed by atoms with Gasteiger partial charge in [-0.2, -0.15) is 9.78 Å². The average Bonchev–Trinajstić information content (AvgIpc) is 2.94. The fraction of sp³-hybridized carbons (Fsp3) is 0. The maximum absolute atomic E-state index is 14.0. The molecule has 24 heavy (non-hydrogen) atoms. The molecule has 7 nitrogen and oxygen atoms in total. The van der Waals surface area contributed by atoms with Crippen LogP contribution in [0.2, 0.25) is 0 Å². The number of carboxylic acids is 1. The van der Waals surface area contributed by atoms with Crippen LogP contribution in [0.3, 0.4) is 0 Å². The first-order chi connectivity index (χ1) is 11.4. The fourth-order valence-electron chi connectivity index (χ4n) is 2.29. The lowest BCUT2D eigenvalue weighted by molar-refractivity contribution is 0.0698. The number of fused-ring (bicyclic) bond motifs is 1. The monoisotopic (exact) mass is 393 g/mol. The molecule has 0 saturated heterocycles. The summed E-state index contributed by atoms with van der Waals surface area (Å²) < 4.78 is 15.3. The van der Waals surface area contributed by atoms with E-state index in [1.807, 2.05) is 0 Å². The molecule has 0 spiro atoms. The summed E-state index contributed by atoms with van der Waals surface area (Å²) in [4.78, 5) is 22.6. The molecule has 1 aromatic heterocycles. The Morgan fingerprint density at radius 2 is 1.96 bits per heavy atom. The Hall–Kier alpha value is -2.94. The normalized spacial score (nSPS) is 10.8. The number of carboxylic acid groups (broad SMARTS) is 2. The molecule has 3 aromatic rings. The Balaban J connectivity index is 2.21. The second-order valence-electron chi connectivity index (χ2n) is 4.81. The molecule has 0 bridgehead atoms. The van der Waals surface area contributed by atoms with E-state index in [-0.39, 0.29) is 27.8 Å². The quantitative estimate of drug-likeness (QED) is 0.623. The van der Waals surface area contributed by atoms with E-state index in [1.165, 1.54) is 30.5 Å². The number of nitrogens with zero attached hydrogens (tertiary/aromatic N) is 2. The minimum Gasteiger partial charge on any atom is -0.478 e. The van der Waals surface area contributed by atoms with E-state index in [0.29, 0.717) is 9.15 Å². The molecule has 2 aromatic carbocycles. The van der Waals surface area contributed by atoms with Gasteiger partial charge in [-0.1, -0.05) is 15.9 Å². The van der Waals surface area contributed by atoms with Gasteiger partial charge in [-0.15, -0.1) is 0 Å². The predicted molar refractivity (Wildman–Crippen MR) is 87.5 cm³/mol. The molecule has 1 heterocycles. The molecular formula is C15H9BrFN3O4. The molecule has 122 valence electrons. The highest BCUT2D eigenvalue weighted by molar-refractivity contribution is 9.10. The lowest BCUT2D eigenvalue weighted by Crippen LogP contribution is -2.09. The zero-order chi connectivity index (χ0) is 17.4. The van der Waals surface area contributed by atoms with Gasteiger partial charge in [-0.25, -0.2) is 14.0 Å². The van der Waals surface area contributed by atoms with E-state index < -0.39 is 17.9 Å². The minimum atomic E-state index is -1.31. The van der Waals surface area contributed by atoms with Crippen LogP contribution in [0.15, 0.2) is 41.0 Å². The molecule has 3 N–H and O–H groups in total. The van der Waals surface area contributed by atoms with Crippen molar-refractivity contribution in [3.63, 3.8) is 0 Å². The van der Waals surface area contributed by atoms with Crippen molar-refractivity contribution in [2.75, 3.05) is 5.32 Å². The number of carbonyl (C=O) groups is 2. The largest absolute Gasteiger partial charge is 0.478 e. The van der Waals surface area contributed by atoms with Crippen LogP contribution < -0.4 is 5.32 Å². The van der Waals surface area contributed by atoms with Gasteiger partial charge >= 0.3 is 12.1 Å². The highest BCUT2D eigenvalue weighted by Crippen LogP contribution is 2.32. The Labute approximate surface area is 142 Å². The van der Waals surface area contributed by atoms with Gasteiger partial charge < -0.3 is 15.5 Å². The van der Waals surface area contributed by atoms with E-state index in [9.17, 15) is 19.1 Å². The number of aromatic nitrogens is 2. The van der Waals surface area contributed by atoms with Crippen molar-refractivity contribution in [1.82, 2.24) is 9.78 Å². The molecule has 9 heteroatoms. The summed E-state index contributed by atoms with van der Waals surface area (Å²) in [5.41, 5.74) is 0.173. The highest BCUT2D eigenvalue weighted by atomic mass is 79.9. The van der Waals surface area contributed by atoms with E-state index in [2.05, 4.69) is 26.3 Å². The Morgan fingerprint density at radius 3 is 2.58 bits per heavy atom. The zero-order valence-corrected chi connectivity index (χ0v) is 13.4. The number of hydrogen-bond acceptors (Lipinski definition) is 4. The van der Waals surface area contributed by atoms with Crippen molar-refractivity contribution in [2.24, 2.45) is 0 Å². The van der Waals surface area contributed by atoms with Gasteiger partial charge in [0.15, 0.2) is 0 Å². The number of aromatic carboxylic acids is 1. The van der Waals surface area contributed by atoms with Gasteiger partial charge in [0, 0.05) is 9.86 Å². The van der Waals surface area contributed by atoms with E-state index in [1.54, 1.807) is 6.07 Å². The number of rotatable bonds is 3. The number of nitrogens with one attached hydrogen (secondary N) is 1. The highest BCUT2D eigenvalue weighted by Gasteiger charge is 2.19. The topological polar surface area (TPSA) is 104 Å². The molecule has 0 amide bonds. The zero-order valence-electron chi connectivity index (χ0n) is 11.8. The van der Waals surface area contributed by atoms with E-state index in [4.69, 9.17) is 5.11 Å². The third kappa shape index (κ3) is 2.69. The Bertz CT molecular complexity index is 986. The summed E-state index contributed by atoms with van der Waals surface area (Å²) in [6.45, 7) is 0. The van der Waals surface area contributed by atoms with Gasteiger partial charge in [0.1, 0.15) is 5.82 Å². The summed E-state index contributed by atoms with van der Waals surface area (Å²) in [6, 6.07) is 6.83. The van der Waals surface area contributed by atoms with E-state index in [0.717, 1.165) is 0 Å². The Morgan fingerprint density at radius 1 is 1.21 bits per heavy atom. The first-order valence-corrected chi connectivity index (χ1v) is 7.37. The molecule has 0 saturated carbocycles. The van der Waals surface area contributed by atoms with Crippen LogP contribution in [0.4, 0.5) is 20.6 Å². The van der Waals surface area contributed by atoms with Gasteiger partial charge in [0.05, 0.1) is 28.7 Å². The van der Waals surface area contributed by atoms with Crippen molar-refractivity contribution in [1.29, 1.82) is 0 Å². The third-order valence-electron chi connectivity index (χ3n) is 3.36. The molecule has 0 aliphatic heterocycles. The lowest BCUT2D eigenvalue weighted by Gasteiger charge is -2.12. The van der Waals surface area contributed by atoms with Crippen LogP contribution in [-0.2, 0) is 0 Å². The van der Waals surface area contributed by atoms with Crippen molar-refractivity contribution in [2.45, 2.75) is 0 Å². The smallest absolute Gasteiger partial charge is 0.432 e. The Kier molecular flexibility index (Phi) is 3.94. The minimum absolute atomic E-state index is 0.0521. The summed E-state index contributed by atoms with van der Waals surface area (Å²) in [7, 11) is 0. The molecule has 0 radical (unpaired) electrons. The van der Waals surface area contributed by atoms with Gasteiger partial charge in [0.2, 0.25) is 0 Å². The van der Waals surface area contributed by atoms with Crippen LogP contribution in [0.1, 0.15) is 10.4 Å². The lowest BCUT2D eigenvalue weighted by atomic mass is 10.1. The maximum atomic E-state index is 14.0. The van der Waals surface area contributed by atoms with Crippen LogP contribution >= 0.6 is 15.9 Å². The SMILES string of the molecule is O=C(O)c1ccc2c(cnn2C(=O)O)c1Nc1ccc(Br)cc1F.